The molecular formula is C14H18N2OS. The minimum absolute atomic E-state index is 0.773. The minimum Gasteiger partial charge on any atom is -0.381 e. The van der Waals surface area contributed by atoms with Crippen molar-refractivity contribution in [2.24, 2.45) is 0 Å². The number of fused-ring (bicyclic) bond motifs is 1. The van der Waals surface area contributed by atoms with Gasteiger partial charge in [0.25, 0.3) is 0 Å². The molecule has 0 amide bonds. The molecule has 1 aromatic heterocycles. The zero-order valence-electron chi connectivity index (χ0n) is 10.6. The molecule has 1 heterocycles. The van der Waals surface area contributed by atoms with Crippen LogP contribution in [0.2, 0.25) is 0 Å². The van der Waals surface area contributed by atoms with E-state index >= 15 is 0 Å². The Balaban J connectivity index is 1.88. The predicted octanol–water partition coefficient (Wildman–Crippen LogP) is 3.54. The zero-order valence-corrected chi connectivity index (χ0v) is 11.4. The van der Waals surface area contributed by atoms with E-state index in [0.29, 0.717) is 0 Å². The Kier molecular flexibility index (Phi) is 5.42. The first-order valence-electron chi connectivity index (χ1n) is 6.33. The fourth-order valence-corrected chi connectivity index (χ4v) is 2.49. The standard InChI is InChI=1S/C14H18N2OS/c1-2-3-8-17-9-10-18-14-13-7-5-4-6-12(13)11-15-16-14/h4-7,11H,2-3,8-10H2,1H3. The largest absolute Gasteiger partial charge is 0.381 e. The lowest BCUT2D eigenvalue weighted by Crippen LogP contribution is -1.99. The molecule has 0 aliphatic rings. The van der Waals surface area contributed by atoms with Gasteiger partial charge in [0.1, 0.15) is 5.03 Å². The first kappa shape index (κ1) is 13.3. The van der Waals surface area contributed by atoms with Crippen LogP contribution in [0.4, 0.5) is 0 Å². The quantitative estimate of drug-likeness (QED) is 0.565. The van der Waals surface area contributed by atoms with Crippen LogP contribution in [0.3, 0.4) is 0 Å². The number of thioether (sulfide) groups is 1. The highest BCUT2D eigenvalue weighted by molar-refractivity contribution is 7.99. The Hall–Kier alpha value is -1.13. The normalized spacial score (nSPS) is 10.9. The molecule has 2 aromatic rings. The maximum absolute atomic E-state index is 5.54. The highest BCUT2D eigenvalue weighted by Gasteiger charge is 2.03. The summed E-state index contributed by atoms with van der Waals surface area (Å²) in [7, 11) is 0. The highest BCUT2D eigenvalue weighted by Crippen LogP contribution is 2.24. The lowest BCUT2D eigenvalue weighted by Gasteiger charge is -2.05. The molecule has 0 aliphatic heterocycles. The number of unbranched alkanes of at least 4 members (excludes halogenated alkanes) is 1. The van der Waals surface area contributed by atoms with Crippen molar-refractivity contribution in [1.82, 2.24) is 10.2 Å². The van der Waals surface area contributed by atoms with Crippen molar-refractivity contribution in [2.75, 3.05) is 19.0 Å². The van der Waals surface area contributed by atoms with Gasteiger partial charge in [-0.3, -0.25) is 0 Å². The summed E-state index contributed by atoms with van der Waals surface area (Å²) in [6.45, 7) is 3.80. The van der Waals surface area contributed by atoms with Gasteiger partial charge < -0.3 is 4.74 Å². The maximum Gasteiger partial charge on any atom is 0.127 e. The summed E-state index contributed by atoms with van der Waals surface area (Å²) in [5, 5.41) is 11.5. The molecule has 1 aromatic carbocycles. The van der Waals surface area contributed by atoms with Crippen molar-refractivity contribution < 1.29 is 4.74 Å². The zero-order chi connectivity index (χ0) is 12.6. The average molecular weight is 262 g/mol. The van der Waals surface area contributed by atoms with Crippen LogP contribution in [0.25, 0.3) is 10.8 Å². The lowest BCUT2D eigenvalue weighted by atomic mass is 10.2. The summed E-state index contributed by atoms with van der Waals surface area (Å²) >= 11 is 1.71. The predicted molar refractivity (Wildman–Crippen MR) is 76.0 cm³/mol. The first-order chi connectivity index (χ1) is 8.92. The summed E-state index contributed by atoms with van der Waals surface area (Å²) in [6.07, 6.45) is 4.12. The highest BCUT2D eigenvalue weighted by atomic mass is 32.2. The van der Waals surface area contributed by atoms with Crippen molar-refractivity contribution in [1.29, 1.82) is 0 Å². The second-order valence-electron chi connectivity index (χ2n) is 4.05. The topological polar surface area (TPSA) is 35.0 Å². The van der Waals surface area contributed by atoms with E-state index in [9.17, 15) is 0 Å². The van der Waals surface area contributed by atoms with Gasteiger partial charge >= 0.3 is 0 Å². The van der Waals surface area contributed by atoms with Crippen LogP contribution < -0.4 is 0 Å². The Morgan fingerprint density at radius 3 is 3.00 bits per heavy atom. The molecule has 18 heavy (non-hydrogen) atoms. The van der Waals surface area contributed by atoms with E-state index in [0.717, 1.165) is 35.8 Å². The SMILES string of the molecule is CCCCOCCSc1nncc2ccccc12. The van der Waals surface area contributed by atoms with Crippen molar-refractivity contribution >= 4 is 22.5 Å². The van der Waals surface area contributed by atoms with E-state index in [4.69, 9.17) is 4.74 Å². The average Bonchev–Trinajstić information content (AvgIpc) is 2.43. The molecule has 0 fully saturated rings. The van der Waals surface area contributed by atoms with Crippen LogP contribution in [0.15, 0.2) is 35.5 Å². The van der Waals surface area contributed by atoms with Gasteiger partial charge in [0.05, 0.1) is 12.8 Å². The molecule has 2 rings (SSSR count). The molecule has 0 saturated carbocycles. The number of hydrogen-bond donors (Lipinski definition) is 0. The van der Waals surface area contributed by atoms with Crippen LogP contribution in [0.5, 0.6) is 0 Å². The molecular weight excluding hydrogens is 244 g/mol. The van der Waals surface area contributed by atoms with E-state index in [-0.39, 0.29) is 0 Å². The van der Waals surface area contributed by atoms with Gasteiger partial charge in [-0.1, -0.05) is 37.6 Å². The van der Waals surface area contributed by atoms with Crippen molar-refractivity contribution in [3.8, 4) is 0 Å². The minimum atomic E-state index is 0.773. The van der Waals surface area contributed by atoms with Gasteiger partial charge in [-0.15, -0.1) is 16.9 Å². The van der Waals surface area contributed by atoms with Gasteiger partial charge in [0, 0.05) is 23.1 Å². The third-order valence-electron chi connectivity index (χ3n) is 2.65. The summed E-state index contributed by atoms with van der Waals surface area (Å²) < 4.78 is 5.54. The molecule has 0 unspecified atom stereocenters. The van der Waals surface area contributed by atoms with E-state index in [1.54, 1.807) is 18.0 Å². The molecule has 0 aliphatic carbocycles. The Labute approximate surface area is 112 Å². The summed E-state index contributed by atoms with van der Waals surface area (Å²) in [5.74, 6) is 0.923. The molecule has 4 heteroatoms. The van der Waals surface area contributed by atoms with Gasteiger partial charge in [0.2, 0.25) is 0 Å². The molecule has 96 valence electrons. The smallest absolute Gasteiger partial charge is 0.127 e. The number of ether oxygens (including phenoxy) is 1. The molecule has 0 bridgehead atoms. The number of benzene rings is 1. The van der Waals surface area contributed by atoms with Crippen LogP contribution >= 0.6 is 11.8 Å². The Morgan fingerprint density at radius 2 is 2.11 bits per heavy atom. The molecule has 0 atom stereocenters. The number of rotatable bonds is 7. The molecule has 0 radical (unpaired) electrons. The summed E-state index contributed by atoms with van der Waals surface area (Å²) in [4.78, 5) is 0. The maximum atomic E-state index is 5.54. The molecule has 3 nitrogen and oxygen atoms in total. The summed E-state index contributed by atoms with van der Waals surface area (Å²) in [6, 6.07) is 8.20. The van der Waals surface area contributed by atoms with Crippen LogP contribution in [0, 0.1) is 0 Å². The van der Waals surface area contributed by atoms with Crippen LogP contribution in [-0.2, 0) is 4.74 Å². The van der Waals surface area contributed by atoms with Crippen molar-refractivity contribution in [2.45, 2.75) is 24.8 Å². The van der Waals surface area contributed by atoms with Gasteiger partial charge in [-0.25, -0.2) is 0 Å². The van der Waals surface area contributed by atoms with Gasteiger partial charge in [-0.05, 0) is 6.42 Å². The van der Waals surface area contributed by atoms with Crippen LogP contribution in [0.1, 0.15) is 19.8 Å². The third-order valence-corrected chi connectivity index (χ3v) is 3.59. The summed E-state index contributed by atoms with van der Waals surface area (Å²) in [5.41, 5.74) is 0. The fraction of sp³-hybridized carbons (Fsp3) is 0.429. The molecule has 0 N–H and O–H groups in total. The number of hydrogen-bond acceptors (Lipinski definition) is 4. The van der Waals surface area contributed by atoms with Crippen LogP contribution in [-0.4, -0.2) is 29.2 Å². The lowest BCUT2D eigenvalue weighted by molar-refractivity contribution is 0.147. The van der Waals surface area contributed by atoms with E-state index < -0.39 is 0 Å². The van der Waals surface area contributed by atoms with Gasteiger partial charge in [0.15, 0.2) is 0 Å². The third kappa shape index (κ3) is 3.68. The fourth-order valence-electron chi connectivity index (χ4n) is 1.65. The first-order valence-corrected chi connectivity index (χ1v) is 7.31. The van der Waals surface area contributed by atoms with E-state index in [1.807, 2.05) is 12.1 Å². The molecule has 0 saturated heterocycles. The van der Waals surface area contributed by atoms with E-state index in [1.165, 1.54) is 11.8 Å². The second kappa shape index (κ2) is 7.34. The van der Waals surface area contributed by atoms with E-state index in [2.05, 4.69) is 29.3 Å². The number of aromatic nitrogens is 2. The van der Waals surface area contributed by atoms with Crippen molar-refractivity contribution in [3.63, 3.8) is 0 Å². The van der Waals surface area contributed by atoms with Crippen molar-refractivity contribution in [3.05, 3.63) is 30.5 Å². The monoisotopic (exact) mass is 262 g/mol. The molecule has 0 spiro atoms. The number of nitrogens with zero attached hydrogens (tertiary/aromatic N) is 2. The Bertz CT molecular complexity index is 485. The second-order valence-corrected chi connectivity index (χ2v) is 5.13. The van der Waals surface area contributed by atoms with Gasteiger partial charge in [-0.2, -0.15) is 5.10 Å². The Morgan fingerprint density at radius 1 is 1.22 bits per heavy atom.